The van der Waals surface area contributed by atoms with E-state index in [-0.39, 0.29) is 0 Å². The van der Waals surface area contributed by atoms with E-state index < -0.39 is 10.4 Å². The second-order valence-electron chi connectivity index (χ2n) is 0.555. The van der Waals surface area contributed by atoms with Crippen LogP contribution >= 0.6 is 0 Å². The number of hydrogen-bond acceptors (Lipinski definition) is 4. The zero-order chi connectivity index (χ0) is 5.91. The molecule has 7 heteroatoms. The van der Waals surface area contributed by atoms with Crippen molar-refractivity contribution in [1.29, 1.82) is 0 Å². The zero-order valence-corrected chi connectivity index (χ0v) is 5.93. The first-order valence-corrected chi connectivity index (χ1v) is 3.28. The fourth-order valence-corrected chi connectivity index (χ4v) is 0.676. The van der Waals surface area contributed by atoms with Gasteiger partial charge in [0.05, 0.1) is 0 Å². The average molecular weight is 270 g/mol. The minimum absolute atomic E-state index is 0.795. The van der Waals surface area contributed by atoms with Crippen LogP contribution in [0.1, 0.15) is 0 Å². The van der Waals surface area contributed by atoms with Crippen LogP contribution in [-0.4, -0.2) is 13.0 Å². The summed E-state index contributed by atoms with van der Waals surface area (Å²) < 4.78 is 33.4. The number of rotatable bonds is 2. The molecule has 0 saturated heterocycles. The summed E-state index contributed by atoms with van der Waals surface area (Å²) in [5, 5.41) is 0. The molecule has 7 heavy (non-hydrogen) atoms. The molecule has 0 bridgehead atoms. The summed E-state index contributed by atoms with van der Waals surface area (Å²) in [5.41, 5.74) is 0. The molecule has 0 saturated carbocycles. The molecule has 0 amide bonds. The molecule has 5 nitrogen and oxygen atoms in total. The van der Waals surface area contributed by atoms with Crippen molar-refractivity contribution in [3.8, 4) is 0 Å². The molecule has 45 valence electrons. The Morgan fingerprint density at radius 3 is 2.00 bits per heavy atom. The molecule has 1 N–H and O–H groups in total. The van der Waals surface area contributed by atoms with Crippen LogP contribution in [0, 0.1) is 38.5 Å². The summed E-state index contributed by atoms with van der Waals surface area (Å²) in [6.45, 7) is 0. The SMILES string of the molecule is O=S(=O)(O)O[O][Gd]. The standard InChI is InChI=1S/Gd.H2O5S/c;1-5-6(2,3)4/h;1H,(H,2,3,4)/q+1;/p-1. The van der Waals surface area contributed by atoms with Gasteiger partial charge in [0.2, 0.25) is 0 Å². The first-order chi connectivity index (χ1) is 3.06. The third-order valence-corrected chi connectivity index (χ3v) is 0.793. The summed E-state index contributed by atoms with van der Waals surface area (Å²) in [7, 11) is -4.39. The predicted molar refractivity (Wildman–Crippen MR) is 13.7 cm³/mol. The maximum atomic E-state index is 9.44. The molecular weight excluding hydrogens is 269 g/mol. The van der Waals surface area contributed by atoms with Gasteiger partial charge in [-0.15, -0.1) is 0 Å². The molecule has 0 aromatic heterocycles. The molecule has 0 heterocycles. The fourth-order valence-electron chi connectivity index (χ4n) is 0.0304. The summed E-state index contributed by atoms with van der Waals surface area (Å²) in [6, 6.07) is 0. The summed E-state index contributed by atoms with van der Waals surface area (Å²) in [6.07, 6.45) is 0. The molecular formula is HGdO5S. The van der Waals surface area contributed by atoms with Crippen molar-refractivity contribution in [2.24, 2.45) is 0 Å². The Kier molecular flexibility index (Phi) is 3.77. The van der Waals surface area contributed by atoms with Crippen LogP contribution in [0.25, 0.3) is 0 Å². The van der Waals surface area contributed by atoms with E-state index >= 15 is 0 Å². The van der Waals surface area contributed by atoms with Gasteiger partial charge < -0.3 is 0 Å². The van der Waals surface area contributed by atoms with Gasteiger partial charge >= 0.3 is 67.5 Å². The molecule has 0 radical (unpaired) electrons. The van der Waals surface area contributed by atoms with E-state index in [0.717, 1.165) is 38.5 Å². The predicted octanol–water partition coefficient (Wildman–Crippen LogP) is -0.798. The zero-order valence-electron chi connectivity index (χ0n) is 2.84. The first kappa shape index (κ1) is 8.15. The van der Waals surface area contributed by atoms with Gasteiger partial charge in [0.25, 0.3) is 0 Å². The van der Waals surface area contributed by atoms with E-state index in [1.165, 1.54) is 0 Å². The molecule has 0 atom stereocenters. The van der Waals surface area contributed by atoms with Crippen LogP contribution in [0.3, 0.4) is 0 Å². The average Bonchev–Trinajstić information content (AvgIpc) is 1.30. The molecule has 0 rings (SSSR count). The van der Waals surface area contributed by atoms with Gasteiger partial charge in [0.15, 0.2) is 0 Å². The molecule has 0 aliphatic heterocycles. The van der Waals surface area contributed by atoms with E-state index in [2.05, 4.69) is 5.66 Å². The van der Waals surface area contributed by atoms with Gasteiger partial charge in [-0.2, -0.15) is 0 Å². The molecule has 0 fully saturated rings. The molecule has 0 aliphatic carbocycles. The van der Waals surface area contributed by atoms with E-state index in [4.69, 9.17) is 4.55 Å². The van der Waals surface area contributed by atoms with Crippen LogP contribution in [-0.2, 0) is 16.1 Å². The summed E-state index contributed by atoms with van der Waals surface area (Å²) >= 11 is 0.795. The van der Waals surface area contributed by atoms with Crippen molar-refractivity contribution < 1.29 is 57.1 Å². The molecule has 0 spiro atoms. The molecule has 0 aromatic carbocycles. The van der Waals surface area contributed by atoms with Gasteiger partial charge in [-0.3, -0.25) is 0 Å². The van der Waals surface area contributed by atoms with Gasteiger partial charge in [0.1, 0.15) is 0 Å². The van der Waals surface area contributed by atoms with Gasteiger partial charge in [0, 0.05) is 0 Å². The van der Waals surface area contributed by atoms with Crippen molar-refractivity contribution in [2.75, 3.05) is 0 Å². The Morgan fingerprint density at radius 1 is 1.57 bits per heavy atom. The first-order valence-electron chi connectivity index (χ1n) is 0.994. The van der Waals surface area contributed by atoms with Gasteiger partial charge in [-0.05, 0) is 0 Å². The maximum absolute atomic E-state index is 9.44. The van der Waals surface area contributed by atoms with E-state index in [1.54, 1.807) is 0 Å². The van der Waals surface area contributed by atoms with Crippen LogP contribution in [0.2, 0.25) is 0 Å². The summed E-state index contributed by atoms with van der Waals surface area (Å²) in [4.78, 5) is 0. The second-order valence-corrected chi connectivity index (χ2v) is 1.92. The van der Waals surface area contributed by atoms with Gasteiger partial charge in [-0.25, -0.2) is 0 Å². The fraction of sp³-hybridized carbons (Fsp3) is 0. The van der Waals surface area contributed by atoms with Crippen molar-refractivity contribution in [2.45, 2.75) is 0 Å². The quantitative estimate of drug-likeness (QED) is 0.404. The van der Waals surface area contributed by atoms with Crippen LogP contribution in [0.15, 0.2) is 0 Å². The van der Waals surface area contributed by atoms with Crippen molar-refractivity contribution >= 4 is 10.4 Å². The van der Waals surface area contributed by atoms with Crippen LogP contribution in [0.4, 0.5) is 0 Å². The third-order valence-electron chi connectivity index (χ3n) is 0.110. The minimum atomic E-state index is -4.39. The Morgan fingerprint density at radius 2 is 2.00 bits per heavy atom. The monoisotopic (exact) mass is 271 g/mol. The molecule has 0 aliphatic rings. The number of hydrogen-bond donors (Lipinski definition) is 1. The Hall–Kier alpha value is 1.15. The van der Waals surface area contributed by atoms with Crippen molar-refractivity contribution in [1.82, 2.24) is 0 Å². The molecule has 0 unspecified atom stereocenters. The van der Waals surface area contributed by atoms with Crippen molar-refractivity contribution in [3.05, 3.63) is 0 Å². The second kappa shape index (κ2) is 3.23. The normalized spacial score (nSPS) is 11.7. The Balaban J connectivity index is 3.60. The summed E-state index contributed by atoms with van der Waals surface area (Å²) in [5.74, 6) is 0. The van der Waals surface area contributed by atoms with E-state index in [0.29, 0.717) is 0 Å². The van der Waals surface area contributed by atoms with E-state index in [1.807, 2.05) is 0 Å². The third kappa shape index (κ3) is 7.15. The van der Waals surface area contributed by atoms with Gasteiger partial charge in [-0.1, -0.05) is 0 Å². The van der Waals surface area contributed by atoms with Crippen LogP contribution in [0.5, 0.6) is 0 Å². The topological polar surface area (TPSA) is 72.8 Å². The van der Waals surface area contributed by atoms with Crippen molar-refractivity contribution in [3.63, 3.8) is 0 Å². The Bertz CT molecular complexity index is 121. The van der Waals surface area contributed by atoms with Crippen LogP contribution < -0.4 is 0 Å². The Labute approximate surface area is 66.9 Å². The van der Waals surface area contributed by atoms with E-state index in [9.17, 15) is 8.42 Å². The molecule has 0 aromatic rings.